The molecule has 0 spiro atoms. The monoisotopic (exact) mass is 296 g/mol. The van der Waals surface area contributed by atoms with Crippen LogP contribution in [0.3, 0.4) is 0 Å². The average Bonchev–Trinajstić information content (AvgIpc) is 3.01. The molecule has 2 heterocycles. The molecule has 0 amide bonds. The van der Waals surface area contributed by atoms with E-state index in [0.29, 0.717) is 29.2 Å². The molecule has 1 aliphatic rings. The predicted octanol–water partition coefficient (Wildman–Crippen LogP) is 2.80. The highest BCUT2D eigenvalue weighted by Gasteiger charge is 2.29. The summed E-state index contributed by atoms with van der Waals surface area (Å²) in [6.07, 6.45) is 0.669. The van der Waals surface area contributed by atoms with E-state index in [1.54, 1.807) is 24.3 Å². The number of hydrogen-bond donors (Lipinski definition) is 0. The van der Waals surface area contributed by atoms with E-state index in [1.807, 2.05) is 0 Å². The summed E-state index contributed by atoms with van der Waals surface area (Å²) in [5.74, 6) is 0.182. The minimum Gasteiger partial charge on any atom is -0.465 e. The summed E-state index contributed by atoms with van der Waals surface area (Å²) >= 11 is 7.05. The van der Waals surface area contributed by atoms with E-state index in [4.69, 9.17) is 20.8 Å². The second-order valence-corrected chi connectivity index (χ2v) is 5.53. The first-order chi connectivity index (χ1) is 9.22. The van der Waals surface area contributed by atoms with E-state index in [2.05, 4.69) is 10.2 Å². The third-order valence-electron chi connectivity index (χ3n) is 2.63. The number of carbonyl (C=O) groups is 1. The largest absolute Gasteiger partial charge is 0.465 e. The van der Waals surface area contributed by atoms with Gasteiger partial charge < -0.3 is 9.15 Å². The summed E-state index contributed by atoms with van der Waals surface area (Å²) in [5, 5.41) is 8.63. The van der Waals surface area contributed by atoms with Crippen molar-refractivity contribution < 1.29 is 13.9 Å². The number of rotatable bonds is 3. The van der Waals surface area contributed by atoms with E-state index < -0.39 is 0 Å². The first-order valence-electron chi connectivity index (χ1n) is 5.65. The van der Waals surface area contributed by atoms with Gasteiger partial charge in [0.25, 0.3) is 5.22 Å². The molecule has 1 saturated heterocycles. The zero-order chi connectivity index (χ0) is 13.2. The first kappa shape index (κ1) is 12.5. The third-order valence-corrected chi connectivity index (χ3v) is 3.96. The van der Waals surface area contributed by atoms with Gasteiger partial charge in [0.05, 0.1) is 6.61 Å². The number of benzene rings is 1. The lowest BCUT2D eigenvalue weighted by Crippen LogP contribution is -2.09. The van der Waals surface area contributed by atoms with Gasteiger partial charge in [-0.3, -0.25) is 4.79 Å². The minimum atomic E-state index is -0.251. The van der Waals surface area contributed by atoms with Gasteiger partial charge in [0.15, 0.2) is 0 Å². The zero-order valence-corrected chi connectivity index (χ0v) is 11.3. The minimum absolute atomic E-state index is 0.226. The summed E-state index contributed by atoms with van der Waals surface area (Å²) in [5.41, 5.74) is 0.790. The molecule has 1 aliphatic heterocycles. The van der Waals surface area contributed by atoms with Crippen LogP contribution in [-0.4, -0.2) is 28.0 Å². The van der Waals surface area contributed by atoms with Crippen LogP contribution in [-0.2, 0) is 9.53 Å². The van der Waals surface area contributed by atoms with E-state index in [-0.39, 0.29) is 11.2 Å². The number of hydrogen-bond acceptors (Lipinski definition) is 6. The SMILES string of the molecule is O=C1OCC[C@@H]1Sc1nnc(-c2ccc(Cl)cc2)o1. The maximum absolute atomic E-state index is 11.3. The van der Waals surface area contributed by atoms with Crippen molar-refractivity contribution in [2.45, 2.75) is 16.9 Å². The Morgan fingerprint density at radius 2 is 2.05 bits per heavy atom. The molecule has 0 bridgehead atoms. The fourth-order valence-corrected chi connectivity index (χ4v) is 2.64. The van der Waals surface area contributed by atoms with Gasteiger partial charge in [-0.1, -0.05) is 11.6 Å². The van der Waals surface area contributed by atoms with Crippen LogP contribution >= 0.6 is 23.4 Å². The molecule has 3 rings (SSSR count). The van der Waals surface area contributed by atoms with E-state index >= 15 is 0 Å². The van der Waals surface area contributed by atoms with Crippen LogP contribution in [0.1, 0.15) is 6.42 Å². The molecule has 2 aromatic rings. The molecule has 1 atom stereocenters. The Bertz CT molecular complexity index is 599. The van der Waals surface area contributed by atoms with E-state index in [1.165, 1.54) is 11.8 Å². The topological polar surface area (TPSA) is 65.2 Å². The Morgan fingerprint density at radius 3 is 2.74 bits per heavy atom. The normalized spacial score (nSPS) is 18.6. The lowest BCUT2D eigenvalue weighted by Gasteiger charge is -1.99. The van der Waals surface area contributed by atoms with Crippen LogP contribution in [0.4, 0.5) is 0 Å². The summed E-state index contributed by atoms with van der Waals surface area (Å²) in [6.45, 7) is 0.453. The van der Waals surface area contributed by atoms with Gasteiger partial charge >= 0.3 is 5.97 Å². The molecule has 0 aliphatic carbocycles. The van der Waals surface area contributed by atoms with Crippen molar-refractivity contribution in [3.8, 4) is 11.5 Å². The summed E-state index contributed by atoms with van der Waals surface area (Å²) in [7, 11) is 0. The molecule has 0 N–H and O–H groups in total. The summed E-state index contributed by atoms with van der Waals surface area (Å²) < 4.78 is 10.4. The van der Waals surface area contributed by atoms with Crippen LogP contribution in [0, 0.1) is 0 Å². The van der Waals surface area contributed by atoms with E-state index in [9.17, 15) is 4.79 Å². The number of ether oxygens (including phenoxy) is 1. The number of esters is 1. The van der Waals surface area contributed by atoms with Crippen molar-refractivity contribution in [2.75, 3.05) is 6.61 Å². The highest BCUT2D eigenvalue weighted by molar-refractivity contribution is 8.00. The molecule has 98 valence electrons. The van der Waals surface area contributed by atoms with Gasteiger partial charge in [0.1, 0.15) is 5.25 Å². The fraction of sp³-hybridized carbons (Fsp3) is 0.250. The molecule has 0 unspecified atom stereocenters. The second kappa shape index (κ2) is 5.22. The van der Waals surface area contributed by atoms with Crippen molar-refractivity contribution >= 4 is 29.3 Å². The van der Waals surface area contributed by atoms with Crippen LogP contribution in [0.15, 0.2) is 33.9 Å². The van der Waals surface area contributed by atoms with Gasteiger partial charge in [0.2, 0.25) is 5.89 Å². The molecule has 5 nitrogen and oxygen atoms in total. The third kappa shape index (κ3) is 2.74. The Morgan fingerprint density at radius 1 is 1.26 bits per heavy atom. The van der Waals surface area contributed by atoms with Crippen LogP contribution < -0.4 is 0 Å². The maximum atomic E-state index is 11.3. The van der Waals surface area contributed by atoms with Gasteiger partial charge in [0, 0.05) is 17.0 Å². The smallest absolute Gasteiger partial charge is 0.319 e. The standard InChI is InChI=1S/C12H9ClN2O3S/c13-8-3-1-7(2-4-8)10-14-15-12(18-10)19-9-5-6-17-11(9)16/h1-4,9H,5-6H2/t9-/m0/s1. The zero-order valence-electron chi connectivity index (χ0n) is 9.71. The quantitative estimate of drug-likeness (QED) is 0.812. The highest BCUT2D eigenvalue weighted by Crippen LogP contribution is 2.30. The van der Waals surface area contributed by atoms with Crippen molar-refractivity contribution in [3.05, 3.63) is 29.3 Å². The first-order valence-corrected chi connectivity index (χ1v) is 6.91. The number of halogens is 1. The van der Waals surface area contributed by atoms with Gasteiger partial charge in [-0.2, -0.15) is 0 Å². The van der Waals surface area contributed by atoms with Crippen molar-refractivity contribution in [2.24, 2.45) is 0 Å². The van der Waals surface area contributed by atoms with Crippen molar-refractivity contribution in [1.29, 1.82) is 0 Å². The predicted molar refractivity (Wildman–Crippen MR) is 70.0 cm³/mol. The Kier molecular flexibility index (Phi) is 3.44. The molecule has 1 aromatic carbocycles. The molecule has 0 saturated carbocycles. The number of nitrogens with zero attached hydrogens (tertiary/aromatic N) is 2. The molecule has 0 radical (unpaired) electrons. The molecule has 19 heavy (non-hydrogen) atoms. The van der Waals surface area contributed by atoms with E-state index in [0.717, 1.165) is 5.56 Å². The number of carbonyl (C=O) groups excluding carboxylic acids is 1. The average molecular weight is 297 g/mol. The van der Waals surface area contributed by atoms with Crippen molar-refractivity contribution in [3.63, 3.8) is 0 Å². The number of cyclic esters (lactones) is 1. The Hall–Kier alpha value is -1.53. The van der Waals surface area contributed by atoms with Gasteiger partial charge in [-0.15, -0.1) is 10.2 Å². The fourth-order valence-electron chi connectivity index (χ4n) is 1.67. The molecular weight excluding hydrogens is 288 g/mol. The Balaban J connectivity index is 1.75. The molecular formula is C12H9ClN2O3S. The molecule has 1 fully saturated rings. The number of thioether (sulfide) groups is 1. The van der Waals surface area contributed by atoms with Gasteiger partial charge in [-0.25, -0.2) is 0 Å². The van der Waals surface area contributed by atoms with Crippen LogP contribution in [0.5, 0.6) is 0 Å². The maximum Gasteiger partial charge on any atom is 0.319 e. The van der Waals surface area contributed by atoms with Crippen molar-refractivity contribution in [1.82, 2.24) is 10.2 Å². The second-order valence-electron chi connectivity index (χ2n) is 3.94. The lowest BCUT2D eigenvalue weighted by molar-refractivity contribution is -0.137. The molecule has 7 heteroatoms. The van der Waals surface area contributed by atoms with Crippen LogP contribution in [0.2, 0.25) is 5.02 Å². The van der Waals surface area contributed by atoms with Crippen LogP contribution in [0.25, 0.3) is 11.5 Å². The summed E-state index contributed by atoms with van der Waals surface area (Å²) in [4.78, 5) is 11.3. The lowest BCUT2D eigenvalue weighted by atomic mass is 10.2. The number of aromatic nitrogens is 2. The molecule has 1 aromatic heterocycles. The highest BCUT2D eigenvalue weighted by atomic mass is 35.5. The van der Waals surface area contributed by atoms with Gasteiger partial charge in [-0.05, 0) is 36.0 Å². The summed E-state index contributed by atoms with van der Waals surface area (Å²) in [6, 6.07) is 7.10. The Labute approximate surface area is 118 Å².